The number of hydrogen-bond acceptors (Lipinski definition) is 3. The molecule has 1 aromatic carbocycles. The molecule has 1 heterocycles. The summed E-state index contributed by atoms with van der Waals surface area (Å²) in [6.45, 7) is 10.5. The molecule has 1 aromatic rings. The van der Waals surface area contributed by atoms with Crippen molar-refractivity contribution in [3.63, 3.8) is 0 Å². The molecule has 1 saturated heterocycles. The van der Waals surface area contributed by atoms with Crippen LogP contribution in [0.4, 0.5) is 0 Å². The normalized spacial score (nSPS) is 20.9. The van der Waals surface area contributed by atoms with Crippen LogP contribution in [0.1, 0.15) is 42.9 Å². The van der Waals surface area contributed by atoms with Crippen molar-refractivity contribution in [3.8, 4) is 0 Å². The smallest absolute Gasteiger partial charge is 0.0163 e. The van der Waals surface area contributed by atoms with Crippen LogP contribution < -0.4 is 11.2 Å². The van der Waals surface area contributed by atoms with Crippen LogP contribution in [-0.4, -0.2) is 30.2 Å². The van der Waals surface area contributed by atoms with Crippen molar-refractivity contribution in [3.05, 3.63) is 76.5 Å². The van der Waals surface area contributed by atoms with Gasteiger partial charge < -0.3 is 5.73 Å². The van der Waals surface area contributed by atoms with Gasteiger partial charge in [-0.1, -0.05) is 67.9 Å². The Bertz CT molecular complexity index is 903. The fraction of sp³-hybridized carbons (Fsp3) is 0.400. The number of nitrogens with zero attached hydrogens (tertiary/aromatic N) is 1. The van der Waals surface area contributed by atoms with Gasteiger partial charge in [0.15, 0.2) is 0 Å². The molecule has 2 unspecified atom stereocenters. The summed E-state index contributed by atoms with van der Waals surface area (Å²) in [7, 11) is -1.68. The van der Waals surface area contributed by atoms with Gasteiger partial charge in [-0.3, -0.25) is 10.2 Å². The summed E-state index contributed by atoms with van der Waals surface area (Å²) < 4.78 is 2.36. The van der Waals surface area contributed by atoms with E-state index < -0.39 is 7.19 Å². The van der Waals surface area contributed by atoms with Gasteiger partial charge in [0.2, 0.25) is 0 Å². The molecule has 0 saturated carbocycles. The molecule has 3 nitrogen and oxygen atoms in total. The van der Waals surface area contributed by atoms with Gasteiger partial charge in [-0.25, -0.2) is 0 Å². The summed E-state index contributed by atoms with van der Waals surface area (Å²) in [6, 6.07) is 6.67. The first-order valence-electron chi connectivity index (χ1n) is 10.6. The van der Waals surface area contributed by atoms with Crippen LogP contribution >= 0.6 is 7.19 Å². The summed E-state index contributed by atoms with van der Waals surface area (Å²) in [5, 5.41) is 0. The van der Waals surface area contributed by atoms with Crippen LogP contribution in [0.2, 0.25) is 0 Å². The van der Waals surface area contributed by atoms with Gasteiger partial charge in [0.1, 0.15) is 0 Å². The number of aryl methyl sites for hydroxylation is 1. The minimum atomic E-state index is -1.68. The average molecular weight is 410 g/mol. The van der Waals surface area contributed by atoms with Crippen LogP contribution in [-0.2, 0) is 6.42 Å². The average Bonchev–Trinajstić information content (AvgIpc) is 3.51. The summed E-state index contributed by atoms with van der Waals surface area (Å²) in [4.78, 5) is 0. The highest BCUT2D eigenvalue weighted by Gasteiger charge is 2.30. The van der Waals surface area contributed by atoms with Crippen molar-refractivity contribution in [2.75, 3.05) is 19.3 Å². The van der Waals surface area contributed by atoms with E-state index in [9.17, 15) is 0 Å². The Morgan fingerprint density at radius 1 is 1.28 bits per heavy atom. The monoisotopic (exact) mass is 409 g/mol. The Morgan fingerprint density at radius 2 is 2.03 bits per heavy atom. The van der Waals surface area contributed by atoms with Crippen molar-refractivity contribution in [2.24, 2.45) is 17.2 Å². The summed E-state index contributed by atoms with van der Waals surface area (Å²) in [5.41, 5.74) is 20.7. The van der Waals surface area contributed by atoms with Crippen LogP contribution in [0.25, 0.3) is 6.08 Å². The molecule has 2 aliphatic rings. The van der Waals surface area contributed by atoms with Gasteiger partial charge in [-0.15, -0.1) is 0 Å². The van der Waals surface area contributed by atoms with E-state index in [4.69, 9.17) is 11.2 Å². The minimum absolute atomic E-state index is 0.459. The fourth-order valence-corrected chi connectivity index (χ4v) is 6.46. The predicted octanol–water partition coefficient (Wildman–Crippen LogP) is 5.25. The highest BCUT2D eigenvalue weighted by Crippen LogP contribution is 2.48. The van der Waals surface area contributed by atoms with Gasteiger partial charge in [0.25, 0.3) is 0 Å². The summed E-state index contributed by atoms with van der Waals surface area (Å²) in [6.07, 6.45) is 17.7. The van der Waals surface area contributed by atoms with Crippen molar-refractivity contribution in [2.45, 2.75) is 39.5 Å². The Morgan fingerprint density at radius 3 is 2.69 bits per heavy atom. The molecule has 3 rings (SSSR count). The number of allylic oxidation sites excluding steroid dienone is 6. The maximum atomic E-state index is 6.57. The lowest BCUT2D eigenvalue weighted by Gasteiger charge is -2.26. The van der Waals surface area contributed by atoms with E-state index in [2.05, 4.69) is 61.7 Å². The van der Waals surface area contributed by atoms with Crippen LogP contribution in [0, 0.1) is 12.8 Å². The second-order valence-corrected chi connectivity index (χ2v) is 11.5. The predicted molar refractivity (Wildman–Crippen MR) is 131 cm³/mol. The first kappa shape index (κ1) is 21.9. The Labute approximate surface area is 176 Å². The van der Waals surface area contributed by atoms with E-state index in [0.717, 1.165) is 50.6 Å². The van der Waals surface area contributed by atoms with E-state index in [1.807, 2.05) is 12.2 Å². The van der Waals surface area contributed by atoms with Gasteiger partial charge in [-0.2, -0.15) is 0 Å². The molecule has 0 amide bonds. The molecular formula is C25H36N3P. The third kappa shape index (κ3) is 5.85. The maximum absolute atomic E-state index is 6.57. The quantitative estimate of drug-likeness (QED) is 0.350. The van der Waals surface area contributed by atoms with E-state index in [-0.39, 0.29) is 0 Å². The first-order valence-corrected chi connectivity index (χ1v) is 12.8. The lowest BCUT2D eigenvalue weighted by atomic mass is 9.94. The number of benzene rings is 1. The van der Waals surface area contributed by atoms with E-state index in [1.165, 1.54) is 27.8 Å². The van der Waals surface area contributed by atoms with Crippen LogP contribution in [0.5, 0.6) is 0 Å². The zero-order chi connectivity index (χ0) is 21.0. The molecule has 1 fully saturated rings. The van der Waals surface area contributed by atoms with Crippen molar-refractivity contribution >= 4 is 19.6 Å². The zero-order valence-electron chi connectivity index (χ0n) is 18.0. The highest BCUT2D eigenvalue weighted by atomic mass is 31.2. The zero-order valence-corrected chi connectivity index (χ0v) is 18.9. The molecule has 0 bridgehead atoms. The van der Waals surface area contributed by atoms with E-state index >= 15 is 0 Å². The second kappa shape index (κ2) is 9.34. The van der Waals surface area contributed by atoms with Crippen molar-refractivity contribution < 1.29 is 0 Å². The maximum Gasteiger partial charge on any atom is 0.0163 e. The molecule has 29 heavy (non-hydrogen) atoms. The molecule has 0 spiro atoms. The topological polar surface area (TPSA) is 55.0 Å². The molecular weight excluding hydrogens is 373 g/mol. The van der Waals surface area contributed by atoms with Crippen LogP contribution in [0.15, 0.2) is 59.8 Å². The molecule has 4 N–H and O–H groups in total. The molecule has 1 aliphatic carbocycles. The number of nitrogens with two attached hydrogens (primary N) is 2. The van der Waals surface area contributed by atoms with Crippen molar-refractivity contribution in [1.82, 2.24) is 4.67 Å². The lowest BCUT2D eigenvalue weighted by Crippen LogP contribution is -2.16. The lowest BCUT2D eigenvalue weighted by molar-refractivity contribution is 0.682. The number of hydrogen-bond donors (Lipinski definition) is 2. The molecule has 0 aromatic heterocycles. The van der Waals surface area contributed by atoms with Gasteiger partial charge >= 0.3 is 0 Å². The molecule has 1 aliphatic heterocycles. The fourth-order valence-electron chi connectivity index (χ4n) is 4.16. The third-order valence-corrected chi connectivity index (χ3v) is 8.74. The summed E-state index contributed by atoms with van der Waals surface area (Å²) >= 11 is 0. The van der Waals surface area contributed by atoms with E-state index in [1.54, 1.807) is 0 Å². The summed E-state index contributed by atoms with van der Waals surface area (Å²) in [5.74, 6) is 0.459. The van der Waals surface area contributed by atoms with Crippen molar-refractivity contribution in [1.29, 1.82) is 0 Å². The van der Waals surface area contributed by atoms with Gasteiger partial charge in [0, 0.05) is 26.0 Å². The molecule has 156 valence electrons. The van der Waals surface area contributed by atoms with Gasteiger partial charge in [-0.05, 0) is 67.0 Å². The van der Waals surface area contributed by atoms with Crippen LogP contribution in [0.3, 0.4) is 0 Å². The first-order chi connectivity index (χ1) is 13.8. The van der Waals surface area contributed by atoms with Gasteiger partial charge in [0.05, 0.1) is 0 Å². The third-order valence-electron chi connectivity index (χ3n) is 6.03. The Balaban J connectivity index is 1.78. The Hall–Kier alpha value is -1.80. The Kier molecular flexibility index (Phi) is 7.05. The molecule has 2 atom stereocenters. The largest absolute Gasteiger partial charge is 0.402 e. The SMILES string of the molecule is C=C/C=C\c1ccc(CC2=C(N)CCCC(C(C)CP(=C)(N)N3CC3)=C2)cc1C. The molecule has 0 radical (unpaired) electrons. The minimum Gasteiger partial charge on any atom is -0.402 e. The standard InChI is InChI=1S/C25H36N3P/c1-5-6-8-22-12-11-21(15-19(22)2)16-24-17-23(9-7-10-25(24)26)20(3)18-29(4,27)28-13-14-28/h5-6,8,11-12,15,17,20H,1,4,7,9-10,13-14,16,18,26-27H2,2-3H3/b8-6-. The molecule has 4 heteroatoms. The second-order valence-electron chi connectivity index (χ2n) is 8.61. The van der Waals surface area contributed by atoms with E-state index in [0.29, 0.717) is 5.92 Å². The number of rotatable bonds is 8. The highest BCUT2D eigenvalue weighted by molar-refractivity contribution is 7.69.